The van der Waals surface area contributed by atoms with Crippen LogP contribution in [-0.4, -0.2) is 59.2 Å². The highest BCUT2D eigenvalue weighted by atomic mass is 19.5. The van der Waals surface area contributed by atoms with E-state index in [1.807, 2.05) is 0 Å². The molecular weight excluding hydrogens is 635 g/mol. The monoisotopic (exact) mass is 640 g/mol. The Hall–Kier alpha value is -2.91. The van der Waals surface area contributed by atoms with Gasteiger partial charge in [-0.3, -0.25) is 0 Å². The van der Waals surface area contributed by atoms with Crippen molar-refractivity contribution in [3.05, 3.63) is 35.6 Å². The molecule has 0 spiro atoms. The topological polar surface area (TPSA) is 29.5 Å². The second-order valence-corrected chi connectivity index (χ2v) is 7.26. The third-order valence-electron chi connectivity index (χ3n) is 4.63. The number of ether oxygens (including phenoxy) is 1. The smallest absolute Gasteiger partial charge is 0.439 e. The van der Waals surface area contributed by atoms with Crippen molar-refractivity contribution in [1.82, 2.24) is 0 Å². The maximum atomic E-state index is 14.8. The summed E-state index contributed by atoms with van der Waals surface area (Å²) in [6, 6.07) is -0.773. The maximum absolute atomic E-state index is 14.8. The highest BCUT2D eigenvalue weighted by Crippen LogP contribution is 2.65. The standard InChI is InChI=1S/C17H5F21O2/c18-9(12(21,22)23,13(24,25)26)7(10(19,14(27,28)29)15(30,31)32)8(40-6-3-1-5(39)2-4-6)11(20,16(33,34)35)17(36,37)38/h1-4,39H. The van der Waals surface area contributed by atoms with E-state index in [2.05, 4.69) is 4.74 Å². The second kappa shape index (κ2) is 9.58. The minimum Gasteiger partial charge on any atom is -0.508 e. The van der Waals surface area contributed by atoms with E-state index in [9.17, 15) is 92.2 Å². The molecule has 0 fully saturated rings. The van der Waals surface area contributed by atoms with Gasteiger partial charge in [-0.25, -0.2) is 13.2 Å². The molecule has 1 N–H and O–H groups in total. The molecular formula is C17H5F21O2. The Balaban J connectivity index is 4.96. The molecule has 40 heavy (non-hydrogen) atoms. The molecule has 0 saturated heterocycles. The fraction of sp³-hybridized carbons (Fsp3) is 0.529. The summed E-state index contributed by atoms with van der Waals surface area (Å²) in [6.45, 7) is 0. The number of rotatable bonds is 5. The van der Waals surface area contributed by atoms with Gasteiger partial charge in [-0.15, -0.1) is 0 Å². The third-order valence-corrected chi connectivity index (χ3v) is 4.63. The molecule has 0 aliphatic rings. The minimum atomic E-state index is -8.82. The number of benzene rings is 1. The zero-order chi connectivity index (χ0) is 32.3. The molecule has 1 rings (SSSR count). The summed E-state index contributed by atoms with van der Waals surface area (Å²) in [5.74, 6) is -8.90. The SMILES string of the molecule is Oc1ccc(OC(=C(C(F)(C(F)(F)F)C(F)(F)F)C(F)(C(F)(F)F)C(F)(F)F)C(F)(C(F)(F)F)C(F)(F)F)cc1. The molecule has 0 aromatic heterocycles. The van der Waals surface area contributed by atoms with Crippen LogP contribution in [-0.2, 0) is 0 Å². The van der Waals surface area contributed by atoms with Crippen LogP contribution in [0.4, 0.5) is 92.2 Å². The van der Waals surface area contributed by atoms with Gasteiger partial charge in [0.15, 0.2) is 5.76 Å². The van der Waals surface area contributed by atoms with E-state index in [1.165, 1.54) is 0 Å². The van der Waals surface area contributed by atoms with E-state index in [0.717, 1.165) is 0 Å². The Morgan fingerprint density at radius 2 is 0.675 bits per heavy atom. The Bertz CT molecular complexity index is 996. The van der Waals surface area contributed by atoms with Gasteiger partial charge in [0.25, 0.3) is 0 Å². The van der Waals surface area contributed by atoms with E-state index >= 15 is 0 Å². The molecule has 0 aliphatic carbocycles. The molecule has 0 saturated carbocycles. The zero-order valence-electron chi connectivity index (χ0n) is 17.6. The van der Waals surface area contributed by atoms with E-state index in [1.54, 1.807) is 0 Å². The summed E-state index contributed by atoms with van der Waals surface area (Å²) in [6.07, 6.45) is -50.5. The number of phenolic OH excluding ortho intramolecular Hbond substituents is 1. The van der Waals surface area contributed by atoms with Crippen LogP contribution in [0.3, 0.4) is 0 Å². The van der Waals surface area contributed by atoms with Crippen molar-refractivity contribution in [3.63, 3.8) is 0 Å². The van der Waals surface area contributed by atoms with Crippen LogP contribution in [0.15, 0.2) is 35.6 Å². The number of allylic oxidation sites excluding steroid dienone is 2. The lowest BCUT2D eigenvalue weighted by Gasteiger charge is -2.43. The minimum absolute atomic E-state index is 0.0276. The van der Waals surface area contributed by atoms with Gasteiger partial charge in [0, 0.05) is 0 Å². The summed E-state index contributed by atoms with van der Waals surface area (Å²) in [5.41, 5.74) is -32.2. The first-order chi connectivity index (χ1) is 17.2. The Kier molecular flexibility index (Phi) is 8.41. The van der Waals surface area contributed by atoms with Gasteiger partial charge in [0.05, 0.1) is 5.57 Å². The first kappa shape index (κ1) is 35.1. The molecule has 0 amide bonds. The van der Waals surface area contributed by atoms with Gasteiger partial charge in [-0.2, -0.15) is 79.0 Å². The van der Waals surface area contributed by atoms with Crippen LogP contribution in [0.5, 0.6) is 11.5 Å². The number of aromatic hydroxyl groups is 1. The highest BCUT2D eigenvalue weighted by molar-refractivity contribution is 5.45. The van der Waals surface area contributed by atoms with Gasteiger partial charge >= 0.3 is 54.1 Å². The number of alkyl halides is 21. The van der Waals surface area contributed by atoms with Gasteiger partial charge in [0.2, 0.25) is 0 Å². The van der Waals surface area contributed by atoms with Gasteiger partial charge < -0.3 is 9.84 Å². The van der Waals surface area contributed by atoms with Crippen molar-refractivity contribution in [2.24, 2.45) is 0 Å². The summed E-state index contributed by atoms with van der Waals surface area (Å²) in [4.78, 5) is 0. The average Bonchev–Trinajstić information content (AvgIpc) is 2.68. The molecule has 0 bridgehead atoms. The zero-order valence-corrected chi connectivity index (χ0v) is 17.6. The van der Waals surface area contributed by atoms with Crippen LogP contribution >= 0.6 is 0 Å². The van der Waals surface area contributed by atoms with E-state index < -0.39 is 76.9 Å². The number of hydrogen-bond donors (Lipinski definition) is 1. The lowest BCUT2D eigenvalue weighted by Crippen LogP contribution is -2.68. The first-order valence-electron chi connectivity index (χ1n) is 8.92. The van der Waals surface area contributed by atoms with Crippen molar-refractivity contribution in [2.75, 3.05) is 0 Å². The first-order valence-corrected chi connectivity index (χ1v) is 8.92. The number of halogens is 21. The number of hydrogen-bond acceptors (Lipinski definition) is 2. The van der Waals surface area contributed by atoms with Crippen LogP contribution in [0.1, 0.15) is 0 Å². The predicted molar refractivity (Wildman–Crippen MR) is 83.6 cm³/mol. The average molecular weight is 640 g/mol. The van der Waals surface area contributed by atoms with Gasteiger partial charge in [-0.1, -0.05) is 0 Å². The number of phenols is 1. The molecule has 0 heterocycles. The van der Waals surface area contributed by atoms with Crippen LogP contribution in [0.25, 0.3) is 0 Å². The Morgan fingerprint density at radius 1 is 0.425 bits per heavy atom. The summed E-state index contributed by atoms with van der Waals surface area (Å²) in [5, 5.41) is 8.99. The molecule has 2 nitrogen and oxygen atoms in total. The van der Waals surface area contributed by atoms with Gasteiger partial charge in [0.1, 0.15) is 11.5 Å². The van der Waals surface area contributed by atoms with E-state index in [0.29, 0.717) is 0 Å². The lowest BCUT2D eigenvalue weighted by molar-refractivity contribution is -0.370. The molecule has 232 valence electrons. The quantitative estimate of drug-likeness (QED) is 0.259. The molecule has 0 aliphatic heterocycles. The molecule has 0 radical (unpaired) electrons. The molecule has 1 aromatic carbocycles. The normalized spacial score (nSPS) is 15.2. The lowest BCUT2D eigenvalue weighted by atomic mass is 9.76. The fourth-order valence-electron chi connectivity index (χ4n) is 2.78. The van der Waals surface area contributed by atoms with Crippen molar-refractivity contribution in [1.29, 1.82) is 0 Å². The van der Waals surface area contributed by atoms with Crippen molar-refractivity contribution in [2.45, 2.75) is 54.1 Å². The summed E-state index contributed by atoms with van der Waals surface area (Å²) in [7, 11) is 0. The predicted octanol–water partition coefficient (Wildman–Crippen LogP) is 8.52. The third kappa shape index (κ3) is 5.38. The molecule has 0 atom stereocenters. The van der Waals surface area contributed by atoms with Gasteiger partial charge in [-0.05, 0) is 24.3 Å². The Labute approximate surface area is 204 Å². The van der Waals surface area contributed by atoms with E-state index in [-0.39, 0.29) is 24.3 Å². The van der Waals surface area contributed by atoms with Crippen LogP contribution in [0, 0.1) is 0 Å². The van der Waals surface area contributed by atoms with Crippen LogP contribution < -0.4 is 4.74 Å². The summed E-state index contributed by atoms with van der Waals surface area (Å²) < 4.78 is 287. The van der Waals surface area contributed by atoms with Crippen molar-refractivity contribution in [3.8, 4) is 11.5 Å². The fourth-order valence-corrected chi connectivity index (χ4v) is 2.78. The van der Waals surface area contributed by atoms with Crippen molar-refractivity contribution >= 4 is 0 Å². The van der Waals surface area contributed by atoms with Crippen molar-refractivity contribution < 1.29 is 102 Å². The molecule has 0 unspecified atom stereocenters. The largest absolute Gasteiger partial charge is 0.508 e. The second-order valence-electron chi connectivity index (χ2n) is 7.26. The maximum Gasteiger partial charge on any atom is 0.439 e. The van der Waals surface area contributed by atoms with Crippen LogP contribution in [0.2, 0.25) is 0 Å². The Morgan fingerprint density at radius 3 is 0.900 bits per heavy atom. The highest BCUT2D eigenvalue weighted by Gasteiger charge is 2.90. The van der Waals surface area contributed by atoms with E-state index in [4.69, 9.17) is 5.11 Å². The molecule has 1 aromatic rings. The summed E-state index contributed by atoms with van der Waals surface area (Å²) >= 11 is 0. The molecule has 23 heteroatoms.